The van der Waals surface area contributed by atoms with E-state index in [4.69, 9.17) is 27.2 Å². The SMILES string of the molecule is COc1cc2c(cc1OC)[C@@H]1CC(=O)[C@@H](CC(C)C)CN1CC2.[2H]C([2H])([2H])Oc1cc2c(cc1OC([2H])([2H])[2H])[C@@H]1CC(=O)[C@@H](CC(C)C)CN1CC2. The highest BCUT2D eigenvalue weighted by Crippen LogP contribution is 2.44. The summed E-state index contributed by atoms with van der Waals surface area (Å²) in [7, 11) is -2.15. The predicted octanol–water partition coefficient (Wildman–Crippen LogP) is 6.48. The van der Waals surface area contributed by atoms with Gasteiger partial charge in [0, 0.05) is 62.9 Å². The first-order chi connectivity index (χ1) is 24.3. The maximum Gasteiger partial charge on any atom is 0.161 e. The van der Waals surface area contributed by atoms with E-state index in [2.05, 4.69) is 49.6 Å². The highest BCUT2D eigenvalue weighted by molar-refractivity contribution is 5.83. The topological polar surface area (TPSA) is 77.5 Å². The van der Waals surface area contributed by atoms with E-state index in [0.29, 0.717) is 43.4 Å². The van der Waals surface area contributed by atoms with E-state index in [9.17, 15) is 9.59 Å². The van der Waals surface area contributed by atoms with Gasteiger partial charge in [-0.25, -0.2) is 0 Å². The number of ketones is 2. The third-order valence-electron chi connectivity index (χ3n) is 10.1. The maximum absolute atomic E-state index is 12.7. The van der Waals surface area contributed by atoms with Crippen LogP contribution in [0.1, 0.15) is 95.9 Å². The van der Waals surface area contributed by atoms with Gasteiger partial charge < -0.3 is 18.9 Å². The molecule has 4 heterocycles. The second-order valence-corrected chi connectivity index (χ2v) is 14.1. The van der Waals surface area contributed by atoms with Gasteiger partial charge in [-0.15, -0.1) is 0 Å². The number of nitrogens with zero attached hydrogens (tertiary/aromatic N) is 2. The zero-order valence-electron chi connectivity index (χ0n) is 34.2. The number of hydrogen-bond donors (Lipinski definition) is 0. The number of ether oxygens (including phenoxy) is 4. The molecule has 8 nitrogen and oxygen atoms in total. The molecule has 8 heteroatoms. The van der Waals surface area contributed by atoms with E-state index < -0.39 is 14.1 Å². The molecule has 2 saturated heterocycles. The van der Waals surface area contributed by atoms with E-state index in [1.165, 1.54) is 17.2 Å². The van der Waals surface area contributed by atoms with Gasteiger partial charge in [0.2, 0.25) is 0 Å². The number of fused-ring (bicyclic) bond motifs is 6. The molecule has 0 radical (unpaired) electrons. The minimum Gasteiger partial charge on any atom is -0.493 e. The van der Waals surface area contributed by atoms with Gasteiger partial charge in [0.1, 0.15) is 11.6 Å². The quantitative estimate of drug-likeness (QED) is 0.325. The van der Waals surface area contributed by atoms with Gasteiger partial charge in [-0.05, 0) is 84.0 Å². The summed E-state index contributed by atoms with van der Waals surface area (Å²) in [5, 5.41) is 0. The van der Waals surface area contributed by atoms with Crippen molar-refractivity contribution in [2.24, 2.45) is 23.7 Å². The number of benzene rings is 2. The van der Waals surface area contributed by atoms with Crippen LogP contribution in [-0.4, -0.2) is 75.8 Å². The number of Topliss-reactive ketones (excluding diaryl/α,β-unsaturated/α-hetero) is 2. The lowest BCUT2D eigenvalue weighted by atomic mass is 9.80. The molecule has 4 atom stereocenters. The molecule has 4 aliphatic heterocycles. The van der Waals surface area contributed by atoms with Crippen LogP contribution in [0, 0.1) is 23.7 Å². The summed E-state index contributed by atoms with van der Waals surface area (Å²) < 4.78 is 65.2. The Hall–Kier alpha value is -3.10. The number of methoxy groups -OCH3 is 4. The molecule has 6 rings (SSSR count). The fraction of sp³-hybridized carbons (Fsp3) is 0.632. The number of piperidine rings is 2. The van der Waals surface area contributed by atoms with Crippen molar-refractivity contribution in [3.8, 4) is 23.0 Å². The van der Waals surface area contributed by atoms with Crippen LogP contribution in [-0.2, 0) is 22.4 Å². The van der Waals surface area contributed by atoms with Gasteiger partial charge in [-0.3, -0.25) is 19.4 Å². The third-order valence-corrected chi connectivity index (χ3v) is 10.1. The first-order valence-corrected chi connectivity index (χ1v) is 16.7. The summed E-state index contributed by atoms with van der Waals surface area (Å²) in [5.74, 6) is 3.14. The molecule has 0 aliphatic carbocycles. The van der Waals surface area contributed by atoms with Crippen LogP contribution in [0.4, 0.5) is 0 Å². The zero-order valence-corrected chi connectivity index (χ0v) is 28.2. The van der Waals surface area contributed by atoms with E-state index in [1.807, 2.05) is 0 Å². The Labute approximate surface area is 284 Å². The highest BCUT2D eigenvalue weighted by Gasteiger charge is 2.40. The minimum absolute atomic E-state index is 0.0177. The van der Waals surface area contributed by atoms with Crippen LogP contribution in [0.25, 0.3) is 0 Å². The van der Waals surface area contributed by atoms with Crippen LogP contribution in [0.15, 0.2) is 24.3 Å². The third kappa shape index (κ3) is 7.23. The van der Waals surface area contributed by atoms with Gasteiger partial charge in [0.15, 0.2) is 23.0 Å². The number of carbonyl (C=O) groups is 2. The average Bonchev–Trinajstić information content (AvgIpc) is 3.04. The van der Waals surface area contributed by atoms with Gasteiger partial charge >= 0.3 is 0 Å². The Morgan fingerprint density at radius 3 is 1.46 bits per heavy atom. The lowest BCUT2D eigenvalue weighted by Gasteiger charge is -2.43. The molecule has 0 spiro atoms. The van der Waals surface area contributed by atoms with E-state index in [1.54, 1.807) is 20.3 Å². The average molecular weight is 641 g/mol. The molecule has 0 saturated carbocycles. The Morgan fingerprint density at radius 2 is 1.07 bits per heavy atom. The molecular formula is C38H54N2O6. The van der Waals surface area contributed by atoms with Crippen molar-refractivity contribution in [3.05, 3.63) is 46.5 Å². The van der Waals surface area contributed by atoms with Gasteiger partial charge in [-0.1, -0.05) is 27.7 Å². The normalized spacial score (nSPS) is 26.8. The van der Waals surface area contributed by atoms with Crippen molar-refractivity contribution in [2.75, 3.05) is 54.5 Å². The lowest BCUT2D eigenvalue weighted by Crippen LogP contribution is -2.46. The number of hydrogen-bond acceptors (Lipinski definition) is 8. The Bertz CT molecular complexity index is 1610. The van der Waals surface area contributed by atoms with Crippen LogP contribution in [0.2, 0.25) is 0 Å². The van der Waals surface area contributed by atoms with Crippen molar-refractivity contribution in [1.82, 2.24) is 9.80 Å². The molecule has 252 valence electrons. The Balaban J connectivity index is 0.000000206. The zero-order chi connectivity index (χ0) is 38.1. The molecule has 0 bridgehead atoms. The second kappa shape index (κ2) is 14.8. The van der Waals surface area contributed by atoms with Crippen LogP contribution in [0.3, 0.4) is 0 Å². The first-order valence-electron chi connectivity index (χ1n) is 19.7. The fourth-order valence-corrected chi connectivity index (χ4v) is 7.95. The van der Waals surface area contributed by atoms with Crippen molar-refractivity contribution >= 4 is 11.6 Å². The van der Waals surface area contributed by atoms with Crippen molar-refractivity contribution < 1.29 is 36.8 Å². The highest BCUT2D eigenvalue weighted by atomic mass is 16.5. The largest absolute Gasteiger partial charge is 0.493 e. The summed E-state index contributed by atoms with van der Waals surface area (Å²) >= 11 is 0. The first kappa shape index (κ1) is 26.9. The van der Waals surface area contributed by atoms with Crippen LogP contribution < -0.4 is 18.9 Å². The fourth-order valence-electron chi connectivity index (χ4n) is 7.95. The Kier molecular flexibility index (Phi) is 8.64. The molecular weight excluding hydrogens is 580 g/mol. The van der Waals surface area contributed by atoms with Gasteiger partial charge in [-0.2, -0.15) is 0 Å². The molecule has 0 amide bonds. The predicted molar refractivity (Wildman–Crippen MR) is 180 cm³/mol. The summed E-state index contributed by atoms with van der Waals surface area (Å²) in [6.45, 7) is 12.0. The molecule has 46 heavy (non-hydrogen) atoms. The van der Waals surface area contributed by atoms with Crippen LogP contribution >= 0.6 is 0 Å². The van der Waals surface area contributed by atoms with E-state index >= 15 is 0 Å². The number of carbonyl (C=O) groups excluding carboxylic acids is 2. The standard InChI is InChI=1S/2C19H27NO3/c2*1-12(2)7-14-11-20-6-5-13-8-18(22-3)19(23-4)9-15(13)16(20)10-17(14)21/h2*8-9,12,14,16H,5-7,10-11H2,1-4H3/t2*14-,16-/m00/s1/i3D3,4D3;. The molecule has 0 aromatic heterocycles. The molecule has 2 aromatic rings. The summed E-state index contributed by atoms with van der Waals surface area (Å²) in [5.41, 5.74) is 4.20. The Morgan fingerprint density at radius 1 is 0.674 bits per heavy atom. The smallest absolute Gasteiger partial charge is 0.161 e. The van der Waals surface area contributed by atoms with Crippen molar-refractivity contribution in [3.63, 3.8) is 0 Å². The van der Waals surface area contributed by atoms with Crippen molar-refractivity contribution in [2.45, 2.75) is 78.3 Å². The summed E-state index contributed by atoms with van der Waals surface area (Å²) in [6.07, 6.45) is 4.51. The molecule has 0 unspecified atom stereocenters. The van der Waals surface area contributed by atoms with Crippen LogP contribution in [0.5, 0.6) is 23.0 Å². The van der Waals surface area contributed by atoms with Gasteiger partial charge in [0.05, 0.1) is 36.5 Å². The van der Waals surface area contributed by atoms with E-state index in [0.717, 1.165) is 61.5 Å². The summed E-state index contributed by atoms with van der Waals surface area (Å²) in [6, 6.07) is 7.28. The van der Waals surface area contributed by atoms with Gasteiger partial charge in [0.25, 0.3) is 0 Å². The van der Waals surface area contributed by atoms with E-state index in [-0.39, 0.29) is 41.2 Å². The molecule has 2 aromatic carbocycles. The monoisotopic (exact) mass is 640 g/mol. The minimum atomic E-state index is -2.75. The second-order valence-electron chi connectivity index (χ2n) is 14.1. The molecule has 4 aliphatic rings. The number of rotatable bonds is 8. The molecule has 0 N–H and O–H groups in total. The van der Waals surface area contributed by atoms with Crippen molar-refractivity contribution in [1.29, 1.82) is 0 Å². The summed E-state index contributed by atoms with van der Waals surface area (Å²) in [4.78, 5) is 30.1. The maximum atomic E-state index is 12.7. The molecule has 2 fully saturated rings. The lowest BCUT2D eigenvalue weighted by molar-refractivity contribution is -0.130.